The average molecular weight is 390 g/mol. The highest BCUT2D eigenvalue weighted by Crippen LogP contribution is 2.64. The quantitative estimate of drug-likeness (QED) is 0.383. The minimum atomic E-state index is -0.480. The van der Waals surface area contributed by atoms with Crippen molar-refractivity contribution >= 4 is 22.7 Å². The van der Waals surface area contributed by atoms with Gasteiger partial charge in [0.2, 0.25) is 0 Å². The van der Waals surface area contributed by atoms with Crippen molar-refractivity contribution in [1.29, 1.82) is 0 Å². The number of benzene rings is 2. The number of fused-ring (bicyclic) bond motifs is 6. The van der Waals surface area contributed by atoms with Crippen molar-refractivity contribution in [2.45, 2.75) is 57.8 Å². The summed E-state index contributed by atoms with van der Waals surface area (Å²) in [6.45, 7) is 13.2. The molecule has 0 heterocycles. The molecule has 2 unspecified atom stereocenters. The van der Waals surface area contributed by atoms with E-state index < -0.39 is 11.9 Å². The topological polar surface area (TPSA) is 52.6 Å². The summed E-state index contributed by atoms with van der Waals surface area (Å²) >= 11 is 0. The van der Waals surface area contributed by atoms with Crippen LogP contribution in [0.5, 0.6) is 11.5 Å². The van der Waals surface area contributed by atoms with E-state index in [-0.39, 0.29) is 5.41 Å². The second kappa shape index (κ2) is 6.87. The summed E-state index contributed by atoms with van der Waals surface area (Å²) in [5.41, 5.74) is 3.40. The van der Waals surface area contributed by atoms with E-state index in [1.54, 1.807) is 6.92 Å². The third kappa shape index (κ3) is 2.98. The van der Waals surface area contributed by atoms with Gasteiger partial charge in [-0.15, -0.1) is 0 Å². The van der Waals surface area contributed by atoms with E-state index in [9.17, 15) is 9.59 Å². The van der Waals surface area contributed by atoms with Crippen LogP contribution in [0.3, 0.4) is 0 Å². The summed E-state index contributed by atoms with van der Waals surface area (Å²) in [6, 6.07) is 6.03. The lowest BCUT2D eigenvalue weighted by molar-refractivity contribution is -0.130. The van der Waals surface area contributed by atoms with Gasteiger partial charge in [0.25, 0.3) is 0 Å². The van der Waals surface area contributed by atoms with Crippen LogP contribution in [-0.2, 0) is 21.4 Å². The fraction of sp³-hybridized carbons (Fsp3) is 0.360. The Morgan fingerprint density at radius 3 is 2.66 bits per heavy atom. The molecule has 0 radical (unpaired) electrons. The van der Waals surface area contributed by atoms with Crippen LogP contribution in [0.15, 0.2) is 43.0 Å². The number of esters is 2. The van der Waals surface area contributed by atoms with Gasteiger partial charge in [0.1, 0.15) is 11.5 Å². The third-order valence-corrected chi connectivity index (χ3v) is 6.39. The highest BCUT2D eigenvalue weighted by Gasteiger charge is 2.50. The van der Waals surface area contributed by atoms with E-state index in [1.807, 2.05) is 18.2 Å². The Morgan fingerprint density at radius 2 is 2.00 bits per heavy atom. The van der Waals surface area contributed by atoms with Crippen molar-refractivity contribution in [2.75, 3.05) is 0 Å². The van der Waals surface area contributed by atoms with Crippen molar-refractivity contribution in [3.8, 4) is 11.5 Å². The van der Waals surface area contributed by atoms with Gasteiger partial charge in [-0.3, -0.25) is 0 Å². The average Bonchev–Trinajstić information content (AvgIpc) is 3.23. The lowest BCUT2D eigenvalue weighted by Gasteiger charge is -2.29. The predicted octanol–water partition coefficient (Wildman–Crippen LogP) is 5.51. The van der Waals surface area contributed by atoms with Gasteiger partial charge in [0.05, 0.1) is 0 Å². The first-order valence-electron chi connectivity index (χ1n) is 10.1. The molecule has 4 rings (SSSR count). The Labute approximate surface area is 171 Å². The van der Waals surface area contributed by atoms with Gasteiger partial charge in [-0.05, 0) is 55.6 Å². The minimum Gasteiger partial charge on any atom is -0.422 e. The maximum Gasteiger partial charge on any atom is 0.338 e. The molecule has 0 spiro atoms. The van der Waals surface area contributed by atoms with Gasteiger partial charge < -0.3 is 9.47 Å². The van der Waals surface area contributed by atoms with Gasteiger partial charge in [-0.1, -0.05) is 39.1 Å². The maximum atomic E-state index is 12.5. The van der Waals surface area contributed by atoms with E-state index >= 15 is 0 Å². The zero-order chi connectivity index (χ0) is 20.9. The fourth-order valence-corrected chi connectivity index (χ4v) is 4.95. The monoisotopic (exact) mass is 390 g/mol. The van der Waals surface area contributed by atoms with Crippen molar-refractivity contribution in [2.24, 2.45) is 0 Å². The first-order valence-corrected chi connectivity index (χ1v) is 10.1. The molecule has 2 aliphatic rings. The molecule has 0 aromatic heterocycles. The van der Waals surface area contributed by atoms with Gasteiger partial charge in [0.15, 0.2) is 0 Å². The number of ether oxygens (including phenoxy) is 2. The number of hydrogen-bond donors (Lipinski definition) is 0. The molecule has 2 atom stereocenters. The first-order chi connectivity index (χ1) is 13.8. The zero-order valence-corrected chi connectivity index (χ0v) is 17.3. The SMILES string of the molecule is C=CC(=O)Oc1c2c(c(OC(=O)C(=C)C)c3cc(CC)ccc13)C1CCC2(C)C1. The number of hydrogen-bond acceptors (Lipinski definition) is 4. The van der Waals surface area contributed by atoms with Crippen LogP contribution in [-0.4, -0.2) is 11.9 Å². The van der Waals surface area contributed by atoms with Crippen molar-refractivity contribution in [1.82, 2.24) is 0 Å². The summed E-state index contributed by atoms with van der Waals surface area (Å²) in [7, 11) is 0. The highest BCUT2D eigenvalue weighted by molar-refractivity contribution is 6.02. The Balaban J connectivity index is 2.08. The Morgan fingerprint density at radius 1 is 1.24 bits per heavy atom. The summed E-state index contributed by atoms with van der Waals surface area (Å²) in [4.78, 5) is 24.7. The Bertz CT molecular complexity index is 1080. The van der Waals surface area contributed by atoms with Gasteiger partial charge >= 0.3 is 11.9 Å². The van der Waals surface area contributed by atoms with Crippen LogP contribution in [0.1, 0.15) is 62.6 Å². The third-order valence-electron chi connectivity index (χ3n) is 6.39. The summed E-state index contributed by atoms with van der Waals surface area (Å²) in [6.07, 6.45) is 5.06. The van der Waals surface area contributed by atoms with Crippen LogP contribution in [0.25, 0.3) is 10.8 Å². The molecule has 150 valence electrons. The van der Waals surface area contributed by atoms with Crippen molar-refractivity contribution < 1.29 is 19.1 Å². The fourth-order valence-electron chi connectivity index (χ4n) is 4.95. The Hall–Kier alpha value is -2.88. The zero-order valence-electron chi connectivity index (χ0n) is 17.3. The van der Waals surface area contributed by atoms with E-state index in [0.29, 0.717) is 23.0 Å². The van der Waals surface area contributed by atoms with Crippen LogP contribution in [0.4, 0.5) is 0 Å². The van der Waals surface area contributed by atoms with Gasteiger partial charge in [-0.25, -0.2) is 9.59 Å². The molecule has 0 saturated heterocycles. The number of rotatable bonds is 5. The van der Waals surface area contributed by atoms with Gasteiger partial charge in [0, 0.05) is 33.5 Å². The molecule has 1 fully saturated rings. The molecule has 1 saturated carbocycles. The van der Waals surface area contributed by atoms with Crippen LogP contribution in [0, 0.1) is 0 Å². The van der Waals surface area contributed by atoms with E-state index in [2.05, 4.69) is 27.0 Å². The van der Waals surface area contributed by atoms with E-state index in [1.165, 1.54) is 6.08 Å². The second-order valence-electron chi connectivity index (χ2n) is 8.48. The molecule has 4 nitrogen and oxygen atoms in total. The molecule has 4 heteroatoms. The summed E-state index contributed by atoms with van der Waals surface area (Å²) in [5, 5.41) is 1.59. The number of carbonyl (C=O) groups excluding carboxylic acids is 2. The largest absolute Gasteiger partial charge is 0.422 e. The highest BCUT2D eigenvalue weighted by atomic mass is 16.5. The summed E-state index contributed by atoms with van der Waals surface area (Å²) < 4.78 is 11.7. The Kier molecular flexibility index (Phi) is 4.60. The van der Waals surface area contributed by atoms with E-state index in [4.69, 9.17) is 9.47 Å². The molecular formula is C25H26O4. The predicted molar refractivity (Wildman–Crippen MR) is 114 cm³/mol. The van der Waals surface area contributed by atoms with Crippen LogP contribution >= 0.6 is 0 Å². The standard InChI is InChI=1S/C25H26O4/c1-6-15-8-9-17-18(12-15)22(29-24(27)14(3)4)20-16-10-11-25(5,13-16)21(20)23(17)28-19(26)7-2/h7-9,12,16H,2-3,6,10-11,13H2,1,4-5H3. The molecule has 2 aromatic carbocycles. The smallest absolute Gasteiger partial charge is 0.338 e. The van der Waals surface area contributed by atoms with Crippen LogP contribution in [0.2, 0.25) is 0 Å². The lowest BCUT2D eigenvalue weighted by atomic mass is 9.78. The van der Waals surface area contributed by atoms with E-state index in [0.717, 1.165) is 53.1 Å². The molecule has 2 aromatic rings. The molecular weight excluding hydrogens is 364 g/mol. The minimum absolute atomic E-state index is 0.0984. The molecule has 2 aliphatic carbocycles. The number of carbonyl (C=O) groups is 2. The molecule has 0 N–H and O–H groups in total. The molecule has 29 heavy (non-hydrogen) atoms. The number of aryl methyl sites for hydroxylation is 1. The summed E-state index contributed by atoms with van der Waals surface area (Å²) in [5.74, 6) is 0.566. The van der Waals surface area contributed by atoms with Crippen molar-refractivity contribution in [3.63, 3.8) is 0 Å². The maximum absolute atomic E-state index is 12.5. The van der Waals surface area contributed by atoms with Gasteiger partial charge in [-0.2, -0.15) is 0 Å². The lowest BCUT2D eigenvalue weighted by Crippen LogP contribution is -2.20. The first kappa shape index (κ1) is 19.4. The molecule has 2 bridgehead atoms. The molecule has 0 amide bonds. The van der Waals surface area contributed by atoms with Crippen molar-refractivity contribution in [3.05, 3.63) is 59.7 Å². The normalized spacial score (nSPS) is 21.7. The van der Waals surface area contributed by atoms with Crippen LogP contribution < -0.4 is 9.47 Å². The molecule has 0 aliphatic heterocycles. The second-order valence-corrected chi connectivity index (χ2v) is 8.48.